The van der Waals surface area contributed by atoms with Crippen LogP contribution in [0.15, 0.2) is 29.2 Å². The van der Waals surface area contributed by atoms with Crippen LogP contribution in [0.5, 0.6) is 5.75 Å². The number of ether oxygens (including phenoxy) is 2. The second-order valence-electron chi connectivity index (χ2n) is 7.91. The largest absolute Gasteiger partial charge is 0.435 e. The van der Waals surface area contributed by atoms with Crippen LogP contribution >= 0.6 is 0 Å². The number of nitrogens with zero attached hydrogens (tertiary/aromatic N) is 1. The van der Waals surface area contributed by atoms with E-state index in [9.17, 15) is 17.2 Å². The third-order valence-corrected chi connectivity index (χ3v) is 8.48. The van der Waals surface area contributed by atoms with E-state index in [2.05, 4.69) is 9.64 Å². The lowest BCUT2D eigenvalue weighted by Crippen LogP contribution is -2.55. The first-order valence-electron chi connectivity index (χ1n) is 9.76. The Balaban J connectivity index is 1.58. The average molecular weight is 416 g/mol. The van der Waals surface area contributed by atoms with Crippen molar-refractivity contribution in [2.75, 3.05) is 13.2 Å². The first kappa shape index (κ1) is 20.0. The summed E-state index contributed by atoms with van der Waals surface area (Å²) in [6.07, 6.45) is 3.85. The number of hydrogen-bond acceptors (Lipinski definition) is 6. The van der Waals surface area contributed by atoms with Gasteiger partial charge in [-0.2, -0.15) is 8.78 Å². The fraction of sp³-hybridized carbons (Fsp3) is 0.684. The number of piperidine rings is 1. The molecular formula is C19H26F2N2O4S. The molecule has 156 valence electrons. The fourth-order valence-corrected chi connectivity index (χ4v) is 7.13. The van der Waals surface area contributed by atoms with Crippen LogP contribution in [-0.4, -0.2) is 62.6 Å². The Morgan fingerprint density at radius 1 is 1.07 bits per heavy atom. The second-order valence-corrected chi connectivity index (χ2v) is 10.1. The Hall–Kier alpha value is -1.29. The van der Waals surface area contributed by atoms with Crippen LogP contribution in [0.1, 0.15) is 32.1 Å². The molecule has 28 heavy (non-hydrogen) atoms. The van der Waals surface area contributed by atoms with Crippen LogP contribution in [-0.2, 0) is 14.6 Å². The van der Waals surface area contributed by atoms with Crippen LogP contribution in [0.25, 0.3) is 0 Å². The molecule has 9 heteroatoms. The zero-order valence-electron chi connectivity index (χ0n) is 15.5. The summed E-state index contributed by atoms with van der Waals surface area (Å²) in [6, 6.07) is 5.66. The highest BCUT2D eigenvalue weighted by molar-refractivity contribution is 7.92. The van der Waals surface area contributed by atoms with Crippen molar-refractivity contribution < 1.29 is 26.7 Å². The Kier molecular flexibility index (Phi) is 5.61. The van der Waals surface area contributed by atoms with Gasteiger partial charge in [0.25, 0.3) is 0 Å². The Labute approximate surface area is 163 Å². The van der Waals surface area contributed by atoms with Crippen molar-refractivity contribution in [1.82, 2.24) is 4.90 Å². The van der Waals surface area contributed by atoms with Gasteiger partial charge in [0.1, 0.15) is 5.75 Å². The van der Waals surface area contributed by atoms with E-state index < -0.39 is 21.7 Å². The molecule has 2 N–H and O–H groups in total. The first-order valence-corrected chi connectivity index (χ1v) is 11.3. The second kappa shape index (κ2) is 7.85. The molecule has 0 amide bonds. The number of sulfone groups is 1. The van der Waals surface area contributed by atoms with E-state index in [-0.39, 0.29) is 28.8 Å². The third-order valence-electron chi connectivity index (χ3n) is 6.25. The Morgan fingerprint density at radius 3 is 2.39 bits per heavy atom. The molecule has 2 bridgehead atoms. The van der Waals surface area contributed by atoms with E-state index in [1.165, 1.54) is 24.3 Å². The van der Waals surface area contributed by atoms with Gasteiger partial charge in [0.2, 0.25) is 0 Å². The minimum Gasteiger partial charge on any atom is -0.435 e. The summed E-state index contributed by atoms with van der Waals surface area (Å²) in [5, 5.41) is -0.532. The number of benzene rings is 1. The summed E-state index contributed by atoms with van der Waals surface area (Å²) < 4.78 is 61.2. The smallest absolute Gasteiger partial charge is 0.387 e. The van der Waals surface area contributed by atoms with Crippen molar-refractivity contribution in [2.45, 2.75) is 73.0 Å². The fourth-order valence-electron chi connectivity index (χ4n) is 5.13. The maximum absolute atomic E-state index is 13.4. The van der Waals surface area contributed by atoms with E-state index in [1.807, 2.05) is 0 Å². The molecule has 3 fully saturated rings. The molecular weight excluding hydrogens is 390 g/mol. The molecule has 4 atom stereocenters. The monoisotopic (exact) mass is 416 g/mol. The summed E-state index contributed by atoms with van der Waals surface area (Å²) in [4.78, 5) is 2.54. The number of hydrogen-bond donors (Lipinski definition) is 1. The van der Waals surface area contributed by atoms with Gasteiger partial charge < -0.3 is 15.2 Å². The minimum absolute atomic E-state index is 0.00751. The topological polar surface area (TPSA) is 81.9 Å². The van der Waals surface area contributed by atoms with E-state index in [0.29, 0.717) is 32.1 Å². The van der Waals surface area contributed by atoms with Gasteiger partial charge >= 0.3 is 6.61 Å². The quantitative estimate of drug-likeness (QED) is 0.792. The molecule has 3 heterocycles. The molecule has 1 aromatic carbocycles. The van der Waals surface area contributed by atoms with Gasteiger partial charge in [0, 0.05) is 37.4 Å². The van der Waals surface area contributed by atoms with Crippen LogP contribution in [0.4, 0.5) is 8.78 Å². The average Bonchev–Trinajstić information content (AvgIpc) is 2.91. The summed E-state index contributed by atoms with van der Waals surface area (Å²) in [7, 11) is -3.60. The SMILES string of the molecule is NC1CC2CC(S(=O)(=O)c3ccc(OC(F)F)cc3)C(C1)N2C1CCOCC1. The Morgan fingerprint density at radius 2 is 1.75 bits per heavy atom. The molecule has 0 aliphatic carbocycles. The first-order chi connectivity index (χ1) is 13.4. The molecule has 1 aromatic rings. The van der Waals surface area contributed by atoms with Crippen molar-refractivity contribution in [2.24, 2.45) is 5.73 Å². The summed E-state index contributed by atoms with van der Waals surface area (Å²) in [6.45, 7) is -1.53. The summed E-state index contributed by atoms with van der Waals surface area (Å²) in [5.74, 6) is -0.0510. The van der Waals surface area contributed by atoms with E-state index in [4.69, 9.17) is 10.5 Å². The van der Waals surface area contributed by atoms with Gasteiger partial charge in [-0.15, -0.1) is 0 Å². The van der Waals surface area contributed by atoms with Gasteiger partial charge in [-0.3, -0.25) is 4.90 Å². The molecule has 3 aliphatic rings. The number of fused-ring (bicyclic) bond motifs is 2. The molecule has 4 rings (SSSR count). The molecule has 4 unspecified atom stereocenters. The zero-order chi connectivity index (χ0) is 19.9. The van der Waals surface area contributed by atoms with Crippen molar-refractivity contribution >= 4 is 9.84 Å². The molecule has 0 aromatic heterocycles. The Bertz CT molecular complexity index is 784. The number of halogens is 2. The number of alkyl halides is 2. The highest BCUT2D eigenvalue weighted by atomic mass is 32.2. The van der Waals surface area contributed by atoms with Crippen LogP contribution in [0, 0.1) is 0 Å². The van der Waals surface area contributed by atoms with Crippen molar-refractivity contribution in [1.29, 1.82) is 0 Å². The van der Waals surface area contributed by atoms with Crippen LogP contribution < -0.4 is 10.5 Å². The van der Waals surface area contributed by atoms with Gasteiger partial charge in [-0.05, 0) is 56.4 Å². The predicted molar refractivity (Wildman–Crippen MR) is 99.1 cm³/mol. The van der Waals surface area contributed by atoms with Gasteiger partial charge in [0.15, 0.2) is 9.84 Å². The van der Waals surface area contributed by atoms with Crippen LogP contribution in [0.3, 0.4) is 0 Å². The van der Waals surface area contributed by atoms with Crippen molar-refractivity contribution in [3.05, 3.63) is 24.3 Å². The molecule has 0 spiro atoms. The normalized spacial score (nSPS) is 32.0. The number of nitrogens with two attached hydrogens (primary N) is 1. The van der Waals surface area contributed by atoms with Gasteiger partial charge in [0.05, 0.1) is 10.1 Å². The van der Waals surface area contributed by atoms with E-state index >= 15 is 0 Å². The lowest BCUT2D eigenvalue weighted by Gasteiger charge is -2.44. The van der Waals surface area contributed by atoms with Crippen molar-refractivity contribution in [3.8, 4) is 5.75 Å². The van der Waals surface area contributed by atoms with Gasteiger partial charge in [-0.1, -0.05) is 0 Å². The maximum Gasteiger partial charge on any atom is 0.387 e. The summed E-state index contributed by atoms with van der Waals surface area (Å²) in [5.41, 5.74) is 6.22. The molecule has 6 nitrogen and oxygen atoms in total. The number of rotatable bonds is 5. The molecule has 3 saturated heterocycles. The molecule has 3 aliphatic heterocycles. The van der Waals surface area contributed by atoms with Crippen LogP contribution in [0.2, 0.25) is 0 Å². The lowest BCUT2D eigenvalue weighted by molar-refractivity contribution is -0.0498. The van der Waals surface area contributed by atoms with E-state index in [0.717, 1.165) is 19.3 Å². The predicted octanol–water partition coefficient (Wildman–Crippen LogP) is 2.17. The highest BCUT2D eigenvalue weighted by Crippen LogP contribution is 2.43. The molecule has 0 radical (unpaired) electrons. The summed E-state index contributed by atoms with van der Waals surface area (Å²) >= 11 is 0. The van der Waals surface area contributed by atoms with Gasteiger partial charge in [-0.25, -0.2) is 8.42 Å². The zero-order valence-corrected chi connectivity index (χ0v) is 16.4. The third kappa shape index (κ3) is 3.77. The van der Waals surface area contributed by atoms with E-state index in [1.54, 1.807) is 0 Å². The standard InChI is InChI=1S/C19H26F2N2O4S/c20-19(21)27-15-1-3-16(4-2-15)28(24,25)18-11-14-9-12(22)10-17(18)23(14)13-5-7-26-8-6-13/h1-4,12-14,17-19H,5-11,22H2. The lowest BCUT2D eigenvalue weighted by atomic mass is 9.94. The van der Waals surface area contributed by atoms with Crippen molar-refractivity contribution in [3.63, 3.8) is 0 Å². The minimum atomic E-state index is -3.60. The highest BCUT2D eigenvalue weighted by Gasteiger charge is 2.53. The maximum atomic E-state index is 13.4. The molecule has 0 saturated carbocycles.